The zero-order chi connectivity index (χ0) is 56.7. The van der Waals surface area contributed by atoms with Crippen LogP contribution < -0.4 is 0 Å². The molecule has 8 aliphatic rings. The van der Waals surface area contributed by atoms with E-state index >= 15 is 0 Å². The smallest absolute Gasteiger partial charge is 0.312 e. The number of esters is 1. The second-order valence-corrected chi connectivity index (χ2v) is 24.9. The van der Waals surface area contributed by atoms with Crippen LogP contribution in [0.15, 0.2) is 23.3 Å². The Kier molecular flexibility index (Phi) is 18.0. The highest BCUT2D eigenvalue weighted by Gasteiger charge is 2.69. The van der Waals surface area contributed by atoms with E-state index in [0.29, 0.717) is 32.1 Å². The summed E-state index contributed by atoms with van der Waals surface area (Å²) < 4.78 is 40.3. The molecule has 0 aromatic rings. The normalized spacial score (nSPS) is 51.1. The Labute approximate surface area is 447 Å². The van der Waals surface area contributed by atoms with Gasteiger partial charge < -0.3 is 115 Å². The molecule has 0 aromatic heterocycles. The topological polar surface area (TPSA) is 405 Å². The third-order valence-electron chi connectivity index (χ3n) is 20.6. The minimum Gasteiger partial charge on any atom is -0.462 e. The molecule has 5 aliphatic carbocycles. The fourth-order valence-corrected chi connectivity index (χ4v) is 15.3. The van der Waals surface area contributed by atoms with Crippen LogP contribution in [-0.2, 0) is 38.0 Å². The van der Waals surface area contributed by atoms with E-state index in [0.717, 1.165) is 11.1 Å². The molecule has 0 aromatic carbocycles. The van der Waals surface area contributed by atoms with Crippen LogP contribution in [0.3, 0.4) is 0 Å². The number of aliphatic hydroxyl groups excluding tert-OH is 16. The maximum absolute atomic E-state index is 14.1. The van der Waals surface area contributed by atoms with Gasteiger partial charge in [-0.15, -0.1) is 0 Å². The Bertz CT molecular complexity index is 2130. The van der Waals surface area contributed by atoms with Crippen LogP contribution in [0.2, 0.25) is 0 Å². The van der Waals surface area contributed by atoms with Crippen LogP contribution in [0, 0.1) is 44.3 Å². The van der Waals surface area contributed by atoms with Gasteiger partial charge in [0.2, 0.25) is 0 Å². The van der Waals surface area contributed by atoms with E-state index in [1.165, 1.54) is 0 Å². The van der Waals surface area contributed by atoms with Crippen LogP contribution in [0.4, 0.5) is 0 Å². The van der Waals surface area contributed by atoms with Crippen LogP contribution in [0.25, 0.3) is 0 Å². The average Bonchev–Trinajstić information content (AvgIpc) is 3.55. The van der Waals surface area contributed by atoms with Crippen LogP contribution in [0.5, 0.6) is 0 Å². The second-order valence-electron chi connectivity index (χ2n) is 24.9. The lowest BCUT2D eigenvalue weighted by atomic mass is 9.35. The molecule has 3 heterocycles. The zero-order valence-corrected chi connectivity index (χ0v) is 44.7. The van der Waals surface area contributed by atoms with E-state index < -0.39 is 188 Å². The summed E-state index contributed by atoms with van der Waals surface area (Å²) in [5.74, 6) is -0.991. The number of carbonyl (C=O) groups is 1. The summed E-state index contributed by atoms with van der Waals surface area (Å²) in [7, 11) is 0. The molecule has 6 fully saturated rings. The van der Waals surface area contributed by atoms with Gasteiger partial charge in [-0.2, -0.15) is 0 Å². The molecule has 0 radical (unpaired) electrons. The van der Waals surface area contributed by atoms with Crippen molar-refractivity contribution in [3.63, 3.8) is 0 Å². The fourth-order valence-electron chi connectivity index (χ4n) is 15.3. The van der Waals surface area contributed by atoms with Crippen molar-refractivity contribution in [3.8, 4) is 0 Å². The van der Waals surface area contributed by atoms with Crippen LogP contribution >= 0.6 is 0 Å². The lowest BCUT2D eigenvalue weighted by Crippen LogP contribution is -2.67. The van der Waals surface area contributed by atoms with E-state index in [1.807, 2.05) is 6.92 Å². The summed E-state index contributed by atoms with van der Waals surface area (Å²) in [5.41, 5.74) is -3.23. The Morgan fingerprint density at radius 3 is 1.88 bits per heavy atom. The van der Waals surface area contributed by atoms with Crippen molar-refractivity contribution in [3.05, 3.63) is 23.3 Å². The molecule has 3 saturated heterocycles. The Morgan fingerprint density at radius 1 is 0.675 bits per heavy atom. The number of rotatable bonds is 16. The van der Waals surface area contributed by atoms with Crippen molar-refractivity contribution in [1.29, 1.82) is 0 Å². The number of hydrogen-bond donors (Lipinski definition) is 16. The van der Waals surface area contributed by atoms with Crippen molar-refractivity contribution < 1.29 is 120 Å². The number of allylic oxidation sites excluding steroid dienone is 3. The summed E-state index contributed by atoms with van der Waals surface area (Å²) >= 11 is 0. The van der Waals surface area contributed by atoms with Gasteiger partial charge in [-0.25, -0.2) is 0 Å². The summed E-state index contributed by atoms with van der Waals surface area (Å²) in [6.07, 6.45) is -23.1. The zero-order valence-electron chi connectivity index (χ0n) is 44.7. The molecule has 77 heavy (non-hydrogen) atoms. The van der Waals surface area contributed by atoms with E-state index in [1.54, 1.807) is 13.8 Å². The first-order valence-corrected chi connectivity index (χ1v) is 27.2. The van der Waals surface area contributed by atoms with Gasteiger partial charge in [0.05, 0.1) is 56.8 Å². The van der Waals surface area contributed by atoms with Gasteiger partial charge in [0, 0.05) is 16.2 Å². The first kappa shape index (κ1) is 61.1. The lowest BCUT2D eigenvalue weighted by Gasteiger charge is -2.70. The summed E-state index contributed by atoms with van der Waals surface area (Å²) in [4.78, 5) is 14.1. The first-order chi connectivity index (χ1) is 36.1. The highest BCUT2D eigenvalue weighted by atomic mass is 16.7. The monoisotopic (exact) mass is 1110 g/mol. The van der Waals surface area contributed by atoms with Gasteiger partial charge in [-0.05, 0) is 93.5 Å². The molecule has 0 spiro atoms. The maximum atomic E-state index is 14.1. The molecule has 3 aliphatic heterocycles. The SMILES string of the molecule is CC1OC(OC2CCC3(C)C(CCC4(C)C3C=CC3=C5CC(C)(C(=O)OCC(O)C(O)C(O)COC6OC(CO)C(O)C(O)C6O)CCC5(CO)C(O)CC34C)C2(C)CO)C(O)C(OC2OC(CO)C(O)C(O)C2O)C1O. The third-order valence-corrected chi connectivity index (χ3v) is 20.6. The molecule has 24 heteroatoms. The van der Waals surface area contributed by atoms with Gasteiger partial charge in [0.1, 0.15) is 92.1 Å². The molecular weight excluding hydrogens is 1020 g/mol. The average molecular weight is 1110 g/mol. The highest BCUT2D eigenvalue weighted by Crippen LogP contribution is 2.74. The Balaban J connectivity index is 0.974. The standard InChI is InChI=1S/C53H86O24/c1-23-34(61)43(77-45-41(68)39(66)37(64)29(18-55)75-45)42(69)46(73-23)76-33-10-11-49(3)30(50(33,4)21-56)9-12-51(5)31(49)8-7-24-25-15-48(2,13-14-53(25,22-57)32(60)16-52(24,51)6)47(70)72-20-27(59)35(62)26(58)19-71-44-40(67)38(65)36(63)28(17-54)74-44/h7-8,23,26-46,54-69H,9-22H2,1-6H3. The van der Waals surface area contributed by atoms with Gasteiger partial charge in [0.25, 0.3) is 0 Å². The van der Waals surface area contributed by atoms with Crippen molar-refractivity contribution >= 4 is 5.97 Å². The fraction of sp³-hybridized carbons (Fsp3) is 0.906. The third kappa shape index (κ3) is 10.1. The molecule has 0 amide bonds. The van der Waals surface area contributed by atoms with Gasteiger partial charge in [-0.3, -0.25) is 4.79 Å². The van der Waals surface area contributed by atoms with Crippen molar-refractivity contribution in [2.45, 2.75) is 216 Å². The predicted molar refractivity (Wildman–Crippen MR) is 262 cm³/mol. The molecule has 8 rings (SSSR count). The molecule has 28 atom stereocenters. The van der Waals surface area contributed by atoms with Crippen LogP contribution in [0.1, 0.15) is 92.9 Å². The minimum atomic E-state index is -1.93. The quantitative estimate of drug-likeness (QED) is 0.0519. The number of ether oxygens (including phenoxy) is 7. The Hall–Kier alpha value is -1.93. The molecule has 3 saturated carbocycles. The van der Waals surface area contributed by atoms with Crippen molar-refractivity contribution in [2.75, 3.05) is 39.6 Å². The number of hydrogen-bond acceptors (Lipinski definition) is 24. The first-order valence-electron chi connectivity index (χ1n) is 27.2. The summed E-state index contributed by atoms with van der Waals surface area (Å²) in [5, 5.41) is 171. The molecule has 442 valence electrons. The van der Waals surface area contributed by atoms with Crippen LogP contribution in [-0.4, -0.2) is 250 Å². The molecule has 0 bridgehead atoms. The number of fused-ring (bicyclic) bond motifs is 6. The van der Waals surface area contributed by atoms with Gasteiger partial charge in [-0.1, -0.05) is 45.4 Å². The summed E-state index contributed by atoms with van der Waals surface area (Å²) in [6, 6.07) is 0. The molecular formula is C53H86O24. The van der Waals surface area contributed by atoms with E-state index in [4.69, 9.17) is 33.2 Å². The number of carbonyl (C=O) groups excluding carboxylic acids is 1. The lowest BCUT2D eigenvalue weighted by molar-refractivity contribution is -0.367. The van der Waals surface area contributed by atoms with E-state index in [9.17, 15) is 86.5 Å². The Morgan fingerprint density at radius 2 is 1.27 bits per heavy atom. The molecule has 24 nitrogen and oxygen atoms in total. The molecule has 28 unspecified atom stereocenters. The van der Waals surface area contributed by atoms with E-state index in [2.05, 4.69) is 32.9 Å². The number of aliphatic hydroxyl groups is 16. The maximum Gasteiger partial charge on any atom is 0.312 e. The second kappa shape index (κ2) is 22.7. The predicted octanol–water partition coefficient (Wildman–Crippen LogP) is -3.90. The largest absolute Gasteiger partial charge is 0.462 e. The van der Waals surface area contributed by atoms with Gasteiger partial charge in [0.15, 0.2) is 18.9 Å². The highest BCUT2D eigenvalue weighted by molar-refractivity contribution is 5.77. The van der Waals surface area contributed by atoms with Crippen molar-refractivity contribution in [2.24, 2.45) is 44.3 Å². The minimum absolute atomic E-state index is 0.0916. The summed E-state index contributed by atoms with van der Waals surface area (Å²) in [6.45, 7) is 8.19. The van der Waals surface area contributed by atoms with Crippen molar-refractivity contribution in [1.82, 2.24) is 0 Å². The molecule has 16 N–H and O–H groups in total. The van der Waals surface area contributed by atoms with E-state index in [-0.39, 0.29) is 44.3 Å². The van der Waals surface area contributed by atoms with Gasteiger partial charge >= 0.3 is 5.97 Å².